The molecule has 0 amide bonds. The van der Waals surface area contributed by atoms with E-state index in [0.29, 0.717) is 0 Å². The summed E-state index contributed by atoms with van der Waals surface area (Å²) >= 11 is 0. The van der Waals surface area contributed by atoms with Crippen molar-refractivity contribution in [3.05, 3.63) is 102 Å². The fourth-order valence-electron chi connectivity index (χ4n) is 9.65. The average molecular weight is 671 g/mol. The minimum atomic E-state index is 0.200. The van der Waals surface area contributed by atoms with E-state index in [1.54, 1.807) is 0 Å². The topological polar surface area (TPSA) is 61.9 Å². The molecule has 4 heterocycles. The van der Waals surface area contributed by atoms with Crippen molar-refractivity contribution in [1.29, 1.82) is 0 Å². The number of para-hydroxylation sites is 2. The first kappa shape index (κ1) is 32.6. The van der Waals surface area contributed by atoms with Crippen LogP contribution in [-0.2, 0) is 12.8 Å². The van der Waals surface area contributed by atoms with Crippen LogP contribution in [0.5, 0.6) is 0 Å². The van der Waals surface area contributed by atoms with E-state index in [2.05, 4.69) is 100 Å². The van der Waals surface area contributed by atoms with E-state index in [0.717, 1.165) is 38.8 Å². The molecule has 5 heteroatoms. The Balaban J connectivity index is 1.15. The molecule has 9 rings (SSSR count). The van der Waals surface area contributed by atoms with Crippen molar-refractivity contribution in [2.75, 3.05) is 13.1 Å². The minimum absolute atomic E-state index is 0.200. The molecule has 0 aliphatic carbocycles. The highest BCUT2D eigenvalue weighted by Gasteiger charge is 2.40. The highest BCUT2D eigenvalue weighted by molar-refractivity contribution is 7.00. The minimum Gasteiger partial charge on any atom is -0.330 e. The van der Waals surface area contributed by atoms with Crippen LogP contribution in [0.4, 0.5) is 0 Å². The lowest BCUT2D eigenvalue weighted by Gasteiger charge is -2.33. The largest absolute Gasteiger partial charge is 0.330 e. The van der Waals surface area contributed by atoms with Crippen molar-refractivity contribution in [3.63, 3.8) is 0 Å². The zero-order valence-electron chi connectivity index (χ0n) is 30.1. The third kappa shape index (κ3) is 5.52. The SMILES string of the molecule is NCCCCCCCCc1ccc2c(c1)c1cccc3c1n2-c1cccc2c1B3c1cc(CCCCCCCCN)cc3c4ccccc4n-2c13. The lowest BCUT2D eigenvalue weighted by atomic mass is 9.34. The summed E-state index contributed by atoms with van der Waals surface area (Å²) in [5, 5.41) is 5.54. The molecule has 0 saturated heterocycles. The Morgan fingerprint density at radius 1 is 0.431 bits per heavy atom. The van der Waals surface area contributed by atoms with Crippen LogP contribution in [0.2, 0.25) is 0 Å². The summed E-state index contributed by atoms with van der Waals surface area (Å²) in [6.07, 6.45) is 17.4. The quantitative estimate of drug-likeness (QED) is 0.0798. The van der Waals surface area contributed by atoms with Gasteiger partial charge in [0.2, 0.25) is 0 Å². The van der Waals surface area contributed by atoms with E-state index in [1.165, 1.54) is 147 Å². The molecule has 5 aromatic carbocycles. The van der Waals surface area contributed by atoms with Crippen LogP contribution in [-0.4, -0.2) is 28.9 Å². The maximum atomic E-state index is 5.74. The third-order valence-corrected chi connectivity index (χ3v) is 12.0. The van der Waals surface area contributed by atoms with Crippen molar-refractivity contribution in [1.82, 2.24) is 9.13 Å². The lowest BCUT2D eigenvalue weighted by Crippen LogP contribution is -2.59. The summed E-state index contributed by atoms with van der Waals surface area (Å²) in [5.41, 5.74) is 26.8. The monoisotopic (exact) mass is 670 g/mol. The number of rotatable bonds is 16. The van der Waals surface area contributed by atoms with E-state index in [4.69, 9.17) is 11.5 Å². The first-order chi connectivity index (χ1) is 25.3. The maximum Gasteiger partial charge on any atom is 0.252 e. The number of nitrogens with two attached hydrogens (primary N) is 2. The van der Waals surface area contributed by atoms with Crippen LogP contribution in [0.3, 0.4) is 0 Å². The van der Waals surface area contributed by atoms with Gasteiger partial charge in [0.25, 0.3) is 6.71 Å². The fraction of sp³-hybridized carbons (Fsp3) is 0.348. The Kier molecular flexibility index (Phi) is 8.95. The van der Waals surface area contributed by atoms with Crippen molar-refractivity contribution >= 4 is 66.7 Å². The van der Waals surface area contributed by atoms with Gasteiger partial charge in [-0.1, -0.05) is 106 Å². The smallest absolute Gasteiger partial charge is 0.252 e. The highest BCUT2D eigenvalue weighted by Crippen LogP contribution is 2.39. The molecule has 51 heavy (non-hydrogen) atoms. The molecule has 4 nitrogen and oxygen atoms in total. The van der Waals surface area contributed by atoms with Crippen molar-refractivity contribution in [2.24, 2.45) is 11.5 Å². The molecule has 0 saturated carbocycles. The molecule has 0 fully saturated rings. The number of aromatic nitrogens is 2. The molecule has 7 aromatic rings. The number of fused-ring (bicyclic) bond motifs is 10. The molecule has 0 unspecified atom stereocenters. The lowest BCUT2D eigenvalue weighted by molar-refractivity contribution is 0.597. The van der Waals surface area contributed by atoms with Crippen molar-refractivity contribution in [3.8, 4) is 11.4 Å². The summed E-state index contributed by atoms with van der Waals surface area (Å²) in [6, 6.07) is 35.6. The van der Waals surface area contributed by atoms with Gasteiger partial charge in [-0.25, -0.2) is 0 Å². The van der Waals surface area contributed by atoms with Gasteiger partial charge in [0.1, 0.15) is 0 Å². The maximum absolute atomic E-state index is 5.74. The summed E-state index contributed by atoms with van der Waals surface area (Å²) < 4.78 is 5.18. The Labute approximate surface area is 302 Å². The molecular weight excluding hydrogens is 619 g/mol. The van der Waals surface area contributed by atoms with Crippen LogP contribution in [0, 0.1) is 0 Å². The Morgan fingerprint density at radius 3 is 1.73 bits per heavy atom. The van der Waals surface area contributed by atoms with Crippen LogP contribution < -0.4 is 27.9 Å². The van der Waals surface area contributed by atoms with Gasteiger partial charge in [0.05, 0.1) is 11.0 Å². The molecule has 0 bridgehead atoms. The number of nitrogens with zero attached hydrogens (tertiary/aromatic N) is 2. The second-order valence-electron chi connectivity index (χ2n) is 15.3. The van der Waals surface area contributed by atoms with Gasteiger partial charge < -0.3 is 20.6 Å². The first-order valence-electron chi connectivity index (χ1n) is 19.9. The molecule has 0 spiro atoms. The van der Waals surface area contributed by atoms with E-state index < -0.39 is 0 Å². The molecule has 4 N–H and O–H groups in total. The van der Waals surface area contributed by atoms with E-state index >= 15 is 0 Å². The third-order valence-electron chi connectivity index (χ3n) is 12.0. The molecule has 2 aromatic heterocycles. The molecule has 0 atom stereocenters. The van der Waals surface area contributed by atoms with Gasteiger partial charge in [-0.2, -0.15) is 0 Å². The Morgan fingerprint density at radius 2 is 1.00 bits per heavy atom. The zero-order chi connectivity index (χ0) is 34.3. The number of hydrogen-bond acceptors (Lipinski definition) is 2. The van der Waals surface area contributed by atoms with Crippen LogP contribution in [0.25, 0.3) is 55.0 Å². The number of aryl methyl sites for hydroxylation is 2. The first-order valence-corrected chi connectivity index (χ1v) is 19.9. The standard InChI is InChI=1S/C46H51BN4/c48-27-13-7-3-1-5-9-17-32-25-26-41-36(29-32)35-20-15-21-38-45(35)51(41)43-24-16-23-42-44(43)47(38)39-31-33(18-10-6-2-4-8-14-28-49)30-37-34-19-11-12-22-40(34)50(42)46(37)39/h11-12,15-16,19-26,29-31H,1-10,13-14,17-18,27-28,48-49H2. The normalized spacial score (nSPS) is 12.9. The Bertz CT molecular complexity index is 2380. The summed E-state index contributed by atoms with van der Waals surface area (Å²) in [7, 11) is 0. The predicted molar refractivity (Wildman–Crippen MR) is 221 cm³/mol. The average Bonchev–Trinajstić information content (AvgIpc) is 3.68. The molecule has 258 valence electrons. The van der Waals surface area contributed by atoms with Crippen molar-refractivity contribution < 1.29 is 0 Å². The number of hydrogen-bond donors (Lipinski definition) is 2. The molecule has 2 aliphatic heterocycles. The van der Waals surface area contributed by atoms with Gasteiger partial charge >= 0.3 is 0 Å². The van der Waals surface area contributed by atoms with E-state index in [1.807, 2.05) is 0 Å². The van der Waals surface area contributed by atoms with Gasteiger partial charge in [0, 0.05) is 44.0 Å². The fourth-order valence-corrected chi connectivity index (χ4v) is 9.65. The second kappa shape index (κ2) is 14.0. The van der Waals surface area contributed by atoms with E-state index in [9.17, 15) is 0 Å². The van der Waals surface area contributed by atoms with E-state index in [-0.39, 0.29) is 6.71 Å². The van der Waals surface area contributed by atoms with Crippen LogP contribution in [0.15, 0.2) is 91.0 Å². The van der Waals surface area contributed by atoms with Gasteiger partial charge in [-0.05, 0) is 116 Å². The number of benzene rings is 5. The summed E-state index contributed by atoms with van der Waals surface area (Å²) in [6.45, 7) is 1.83. The summed E-state index contributed by atoms with van der Waals surface area (Å²) in [4.78, 5) is 0. The summed E-state index contributed by atoms with van der Waals surface area (Å²) in [5.74, 6) is 0. The number of unbranched alkanes of at least 4 members (excludes halogenated alkanes) is 10. The second-order valence-corrected chi connectivity index (χ2v) is 15.3. The van der Waals surface area contributed by atoms with Crippen LogP contribution >= 0.6 is 0 Å². The zero-order valence-corrected chi connectivity index (χ0v) is 30.1. The highest BCUT2D eigenvalue weighted by atomic mass is 15.0. The van der Waals surface area contributed by atoms with Crippen molar-refractivity contribution in [2.45, 2.75) is 89.9 Å². The van der Waals surface area contributed by atoms with Gasteiger partial charge in [0.15, 0.2) is 0 Å². The molecular formula is C46H51BN4. The van der Waals surface area contributed by atoms with Gasteiger partial charge in [-0.3, -0.25) is 0 Å². The van der Waals surface area contributed by atoms with Crippen LogP contribution in [0.1, 0.15) is 88.2 Å². The molecule has 0 radical (unpaired) electrons. The molecule has 2 aliphatic rings. The Hall–Kier alpha value is -4.32. The predicted octanol–water partition coefficient (Wildman–Crippen LogP) is 8.71. The van der Waals surface area contributed by atoms with Gasteiger partial charge in [-0.15, -0.1) is 0 Å².